The van der Waals surface area contributed by atoms with Crippen LogP contribution in [0.25, 0.3) is 0 Å². The maximum absolute atomic E-state index is 5.92. The third-order valence-electron chi connectivity index (χ3n) is 0.204. The first kappa shape index (κ1) is 15.1. The molecule has 0 saturated heterocycles. The van der Waals surface area contributed by atoms with Crippen LogP contribution in [-0.2, 0) is 0 Å². The first-order valence-corrected chi connectivity index (χ1v) is 47.9. The molecule has 0 aromatic carbocycles. The molecule has 0 bridgehead atoms. The Morgan fingerprint density at radius 2 is 1.56 bits per heavy atom. The first-order valence-electron chi connectivity index (χ1n) is 1.14. The molecule has 0 spiro atoms. The van der Waals surface area contributed by atoms with Crippen LogP contribution < -0.4 is 16.1 Å². The van der Waals surface area contributed by atoms with E-state index in [1.54, 1.807) is 0 Å². The van der Waals surface area contributed by atoms with E-state index in [4.69, 9.17) is 8.91 Å². The van der Waals surface area contributed by atoms with Gasteiger partial charge < -0.3 is 0 Å². The zero-order chi connectivity index (χ0) is 7.44. The van der Waals surface area contributed by atoms with E-state index in [2.05, 4.69) is 74.5 Å². The van der Waals surface area contributed by atoms with Gasteiger partial charge in [-0.3, -0.25) is 0 Å². The van der Waals surface area contributed by atoms with E-state index in [1.165, 1.54) is 0 Å². The standard InChI is InChI=1S/ClI8/c1-6-8(4)9(5)7(2)3/q-1. The van der Waals surface area contributed by atoms with E-state index in [-0.39, 0.29) is 24.0 Å². The summed E-state index contributed by atoms with van der Waals surface area (Å²) in [5.41, 5.74) is 0. The molecule has 0 saturated carbocycles. The van der Waals surface area contributed by atoms with Crippen LogP contribution >= 0.6 is 107 Å². The molecule has 0 aromatic rings. The van der Waals surface area contributed by atoms with Crippen molar-refractivity contribution in [2.75, 3.05) is 0 Å². The molecule has 9 heteroatoms. The second-order valence-corrected chi connectivity index (χ2v) is 154. The average Bonchev–Trinajstić information content (AvgIpc) is 1.84. The van der Waals surface area contributed by atoms with Gasteiger partial charge in [0.1, 0.15) is 0 Å². The van der Waals surface area contributed by atoms with Crippen LogP contribution in [0.15, 0.2) is 0 Å². The number of rotatable bonds is 3. The molecule has 0 heterocycles. The molecule has 0 aliphatic rings. The zero-order valence-electron chi connectivity index (χ0n) is 3.40. The van der Waals surface area contributed by atoms with Crippen molar-refractivity contribution in [1.82, 2.24) is 0 Å². The van der Waals surface area contributed by atoms with Crippen LogP contribution in [-0.4, -0.2) is 0 Å². The van der Waals surface area contributed by atoms with E-state index in [0.29, 0.717) is 0 Å². The van der Waals surface area contributed by atoms with Gasteiger partial charge in [-0.05, 0) is 0 Å². The summed E-state index contributed by atoms with van der Waals surface area (Å²) >= 11 is 11.1. The normalized spacial score (nSPS) is 15.4. The van der Waals surface area contributed by atoms with Crippen molar-refractivity contribution in [3.05, 3.63) is 0 Å². The zero-order valence-corrected chi connectivity index (χ0v) is 21.4. The molecule has 64 valence electrons. The Hall–Kier alpha value is 6.13. The Morgan fingerprint density at radius 3 is 1.67 bits per heavy atom. The summed E-state index contributed by atoms with van der Waals surface area (Å²) in [7, 11) is 4.70. The molecule has 0 rings (SSSR count). The predicted octanol–water partition coefficient (Wildman–Crippen LogP) is 3.89. The van der Waals surface area contributed by atoms with Gasteiger partial charge in [0.2, 0.25) is 0 Å². The van der Waals surface area contributed by atoms with Crippen LogP contribution in [0.4, 0.5) is 0 Å². The van der Waals surface area contributed by atoms with Crippen LogP contribution in [0, 0.1) is 0 Å². The summed E-state index contributed by atoms with van der Waals surface area (Å²) in [4.78, 5) is 0. The van der Waals surface area contributed by atoms with Crippen molar-refractivity contribution in [3.63, 3.8) is 0 Å². The minimum atomic E-state index is -0.447. The summed E-state index contributed by atoms with van der Waals surface area (Å²) in [6.07, 6.45) is 0. The summed E-state index contributed by atoms with van der Waals surface area (Å²) in [6, 6.07) is 0. The maximum atomic E-state index is 5.92. The van der Waals surface area contributed by atoms with E-state index < -0.39 is 15.8 Å². The number of halogens is 9. The molecule has 0 aliphatic carbocycles. The quantitative estimate of drug-likeness (QED) is 0.377. The van der Waals surface area contributed by atoms with Gasteiger partial charge >= 0.3 is 123 Å². The molecule has 0 unspecified atom stereocenters. The molecule has 0 N–H and O–H groups in total. The van der Waals surface area contributed by atoms with Crippen LogP contribution in [0.2, 0.25) is 0 Å². The van der Waals surface area contributed by atoms with Gasteiger partial charge in [0.05, 0.1) is 0 Å². The molecule has 0 radical (unpaired) electrons. The molecular formula is ClI8-. The average molecular weight is 1050 g/mol. The van der Waals surface area contributed by atoms with E-state index in [9.17, 15) is 0 Å². The molecule has 9 heavy (non-hydrogen) atoms. The molecule has 0 fully saturated rings. The van der Waals surface area contributed by atoms with E-state index >= 15 is 0 Å². The topological polar surface area (TPSA) is 0 Å². The fraction of sp³-hybridized carbons (Fsp3) is 0. The minimum absolute atomic E-state index is 0.178. The van der Waals surface area contributed by atoms with E-state index in [0.717, 1.165) is 0 Å². The van der Waals surface area contributed by atoms with Crippen molar-refractivity contribution in [2.45, 2.75) is 0 Å². The molecule has 0 atom stereocenters. The SMILES string of the molecule is Cl[I-]I(I)I(I)I(I)I. The van der Waals surface area contributed by atoms with Gasteiger partial charge in [-0.2, -0.15) is 0 Å². The summed E-state index contributed by atoms with van der Waals surface area (Å²) in [6.45, 7) is 0. The molecule has 0 amide bonds. The van der Waals surface area contributed by atoms with Gasteiger partial charge in [-0.1, -0.05) is 0 Å². The Balaban J connectivity index is 3.58. The van der Waals surface area contributed by atoms with Crippen molar-refractivity contribution in [3.8, 4) is 0 Å². The van der Waals surface area contributed by atoms with Gasteiger partial charge in [-0.15, -0.1) is 0 Å². The second kappa shape index (κ2) is 9.36. The Labute approximate surface area is 118 Å². The summed E-state index contributed by atoms with van der Waals surface area (Å²) in [5, 5.41) is 0. The van der Waals surface area contributed by atoms with Crippen LogP contribution in [0.5, 0.6) is 0 Å². The molecule has 0 aromatic heterocycles. The van der Waals surface area contributed by atoms with Crippen LogP contribution in [0.1, 0.15) is 0 Å². The van der Waals surface area contributed by atoms with Crippen molar-refractivity contribution >= 4 is 107 Å². The van der Waals surface area contributed by atoms with Gasteiger partial charge in [0, 0.05) is 0 Å². The van der Waals surface area contributed by atoms with Crippen molar-refractivity contribution < 1.29 is 16.1 Å². The molecule has 0 nitrogen and oxygen atoms in total. The Kier molecular flexibility index (Phi) is 15.7. The Morgan fingerprint density at radius 1 is 1.11 bits per heavy atom. The molecule has 0 aliphatic heterocycles. The van der Waals surface area contributed by atoms with E-state index in [1.807, 2.05) is 0 Å². The van der Waals surface area contributed by atoms with Crippen LogP contribution in [0.3, 0.4) is 0 Å². The monoisotopic (exact) mass is 1050 g/mol. The fourth-order valence-electron chi connectivity index (χ4n) is 0.0463. The second-order valence-electron chi connectivity index (χ2n) is 0.540. The molecular weight excluding hydrogens is 1050 g/mol. The third kappa shape index (κ3) is 7.99. The number of hydrogen-bond acceptors (Lipinski definition) is 0. The van der Waals surface area contributed by atoms with Gasteiger partial charge in [0.25, 0.3) is 0 Å². The predicted molar refractivity (Wildman–Crippen MR) is 104 cm³/mol. The number of hydrogen-bond donors (Lipinski definition) is 0. The van der Waals surface area contributed by atoms with Gasteiger partial charge in [-0.25, -0.2) is 0 Å². The van der Waals surface area contributed by atoms with Crippen molar-refractivity contribution in [2.24, 2.45) is 0 Å². The first-order chi connectivity index (χ1) is 4.09. The fourth-order valence-corrected chi connectivity index (χ4v) is 513. The van der Waals surface area contributed by atoms with Gasteiger partial charge in [0.15, 0.2) is 0 Å². The summed E-state index contributed by atoms with van der Waals surface area (Å²) < 4.78 is 0. The summed E-state index contributed by atoms with van der Waals surface area (Å²) in [5.74, 6) is 0. The third-order valence-corrected chi connectivity index (χ3v) is 368. The Bertz CT molecular complexity index is 69.0. The van der Waals surface area contributed by atoms with Crippen molar-refractivity contribution in [1.29, 1.82) is 0 Å².